The first-order chi connectivity index (χ1) is 11.8. The van der Waals surface area contributed by atoms with Gasteiger partial charge in [0.15, 0.2) is 0 Å². The van der Waals surface area contributed by atoms with Crippen LogP contribution in [0, 0.1) is 23.6 Å². The number of benzene rings is 1. The lowest BCUT2D eigenvalue weighted by atomic mass is 10.0. The molecule has 0 amide bonds. The van der Waals surface area contributed by atoms with Crippen molar-refractivity contribution in [3.8, 4) is 17.5 Å². The van der Waals surface area contributed by atoms with E-state index in [2.05, 4.69) is 16.8 Å². The Morgan fingerprint density at radius 1 is 1.36 bits per heavy atom. The number of aromatic amines is 1. The zero-order chi connectivity index (χ0) is 17.8. The maximum Gasteiger partial charge on any atom is 0.331 e. The molecule has 1 aliphatic carbocycles. The number of H-pyrrole nitrogens is 1. The minimum atomic E-state index is -1.04. The molecule has 0 radical (unpaired) electrons. The van der Waals surface area contributed by atoms with Gasteiger partial charge in [-0.05, 0) is 62.4 Å². The fraction of sp³-hybridized carbons (Fsp3) is 0.421. The molecular weight excluding hydrogens is 321 g/mol. The topological polar surface area (TPSA) is 61.3 Å². The van der Waals surface area contributed by atoms with Crippen molar-refractivity contribution in [2.45, 2.75) is 38.5 Å². The molecular formula is C19H20FN3O2. The van der Waals surface area contributed by atoms with Gasteiger partial charge in [-0.2, -0.15) is 0 Å². The van der Waals surface area contributed by atoms with Gasteiger partial charge in [0.2, 0.25) is 0 Å². The molecule has 1 aliphatic heterocycles. The van der Waals surface area contributed by atoms with E-state index in [-0.39, 0.29) is 17.4 Å². The molecule has 2 aliphatic rings. The smallest absolute Gasteiger partial charge is 0.331 e. The molecule has 130 valence electrons. The third-order valence-electron chi connectivity index (χ3n) is 4.95. The molecule has 2 N–H and O–H groups in total. The van der Waals surface area contributed by atoms with E-state index in [4.69, 9.17) is 0 Å². The minimum Gasteiger partial charge on any atom is -0.378 e. The van der Waals surface area contributed by atoms with Crippen molar-refractivity contribution in [2.75, 3.05) is 7.05 Å². The minimum absolute atomic E-state index is 0.208. The lowest BCUT2D eigenvalue weighted by molar-refractivity contribution is 0.0980. The highest BCUT2D eigenvalue weighted by Gasteiger charge is 2.38. The third-order valence-corrected chi connectivity index (χ3v) is 4.95. The predicted octanol–water partition coefficient (Wildman–Crippen LogP) is 1.76. The second kappa shape index (κ2) is 5.58. The Balaban J connectivity index is 1.85. The number of imidazole rings is 1. The lowest BCUT2D eigenvalue weighted by Gasteiger charge is -2.14. The van der Waals surface area contributed by atoms with Gasteiger partial charge in [0, 0.05) is 13.1 Å². The fourth-order valence-electron chi connectivity index (χ4n) is 3.42. The first-order valence-electron chi connectivity index (χ1n) is 8.42. The summed E-state index contributed by atoms with van der Waals surface area (Å²) in [5.74, 6) is 5.77. The van der Waals surface area contributed by atoms with E-state index in [1.165, 1.54) is 12.1 Å². The van der Waals surface area contributed by atoms with Crippen molar-refractivity contribution >= 4 is 0 Å². The quantitative estimate of drug-likeness (QED) is 0.777. The van der Waals surface area contributed by atoms with Gasteiger partial charge in [0.05, 0.1) is 11.4 Å². The summed E-state index contributed by atoms with van der Waals surface area (Å²) in [6.07, 6.45) is 1.96. The van der Waals surface area contributed by atoms with Crippen LogP contribution >= 0.6 is 0 Å². The van der Waals surface area contributed by atoms with Crippen molar-refractivity contribution in [3.05, 3.63) is 51.5 Å². The number of rotatable bonds is 1. The highest BCUT2D eigenvalue weighted by atomic mass is 19.1. The summed E-state index contributed by atoms with van der Waals surface area (Å²) in [7, 11) is 1.92. The zero-order valence-corrected chi connectivity index (χ0v) is 14.3. The molecule has 1 unspecified atom stereocenters. The average Bonchev–Trinajstić information content (AvgIpc) is 3.34. The first kappa shape index (κ1) is 16.1. The Hall–Kier alpha value is -2.36. The van der Waals surface area contributed by atoms with Gasteiger partial charge < -0.3 is 5.11 Å². The van der Waals surface area contributed by atoms with Crippen molar-refractivity contribution < 1.29 is 9.50 Å². The van der Waals surface area contributed by atoms with E-state index in [9.17, 15) is 14.3 Å². The highest BCUT2D eigenvalue weighted by molar-refractivity contribution is 5.47. The van der Waals surface area contributed by atoms with Crippen LogP contribution < -0.4 is 5.69 Å². The van der Waals surface area contributed by atoms with Crippen molar-refractivity contribution in [1.29, 1.82) is 0 Å². The second-order valence-electron chi connectivity index (χ2n) is 7.20. The van der Waals surface area contributed by atoms with Crippen LogP contribution in [0.4, 0.5) is 4.39 Å². The van der Waals surface area contributed by atoms with Gasteiger partial charge >= 0.3 is 5.69 Å². The van der Waals surface area contributed by atoms with Gasteiger partial charge in [-0.3, -0.25) is 14.5 Å². The standard InChI is InChI=1S/C19H20FN3O2/c1-19(25,13-3-4-13)8-7-15-17-11-22(2)10-12-9-14(20)5-6-16(12)23(17)18(24)21-15/h5-6,9,13,25H,3-4,10-11H2,1-2H3,(H,21,24). The lowest BCUT2D eigenvalue weighted by Crippen LogP contribution is -2.24. The third kappa shape index (κ3) is 2.90. The predicted molar refractivity (Wildman–Crippen MR) is 91.7 cm³/mol. The van der Waals surface area contributed by atoms with Gasteiger partial charge in [-0.1, -0.05) is 5.92 Å². The molecule has 2 aromatic rings. The van der Waals surface area contributed by atoms with E-state index in [1.54, 1.807) is 17.6 Å². The number of nitrogens with one attached hydrogen (secondary N) is 1. The van der Waals surface area contributed by atoms with Crippen molar-refractivity contribution in [1.82, 2.24) is 14.5 Å². The second-order valence-corrected chi connectivity index (χ2v) is 7.20. The average molecular weight is 341 g/mol. The molecule has 5 nitrogen and oxygen atoms in total. The van der Waals surface area contributed by atoms with Crippen molar-refractivity contribution in [3.63, 3.8) is 0 Å². The van der Waals surface area contributed by atoms with E-state index in [1.807, 2.05) is 11.9 Å². The number of hydrogen-bond acceptors (Lipinski definition) is 3. The number of halogens is 1. The Kier molecular flexibility index (Phi) is 3.60. The Labute approximate surface area is 145 Å². The highest BCUT2D eigenvalue weighted by Crippen LogP contribution is 2.39. The van der Waals surface area contributed by atoms with Crippen LogP contribution in [0.3, 0.4) is 0 Å². The summed E-state index contributed by atoms with van der Waals surface area (Å²) in [6.45, 7) is 2.76. The molecule has 6 heteroatoms. The summed E-state index contributed by atoms with van der Waals surface area (Å²) in [5.41, 5.74) is 1.33. The molecule has 0 spiro atoms. The Morgan fingerprint density at radius 2 is 2.12 bits per heavy atom. The van der Waals surface area contributed by atoms with Crippen LogP contribution in [0.25, 0.3) is 5.69 Å². The number of aliphatic hydroxyl groups is 1. The van der Waals surface area contributed by atoms with Gasteiger partial charge in [-0.15, -0.1) is 0 Å². The van der Waals surface area contributed by atoms with Crippen molar-refractivity contribution in [2.24, 2.45) is 5.92 Å². The van der Waals surface area contributed by atoms with E-state index in [0.29, 0.717) is 24.5 Å². The molecule has 4 rings (SSSR count). The van der Waals surface area contributed by atoms with Crippen LogP contribution in [0.1, 0.15) is 36.7 Å². The summed E-state index contributed by atoms with van der Waals surface area (Å²) >= 11 is 0. The fourth-order valence-corrected chi connectivity index (χ4v) is 3.42. The number of hydrogen-bond donors (Lipinski definition) is 2. The summed E-state index contributed by atoms with van der Waals surface area (Å²) in [5, 5.41) is 10.4. The molecule has 1 fully saturated rings. The van der Waals surface area contributed by atoms with Gasteiger partial charge in [0.25, 0.3) is 0 Å². The van der Waals surface area contributed by atoms with Gasteiger partial charge in [-0.25, -0.2) is 9.18 Å². The number of fused-ring (bicyclic) bond motifs is 3. The first-order valence-corrected chi connectivity index (χ1v) is 8.42. The van der Waals surface area contributed by atoms with E-state index in [0.717, 1.165) is 24.1 Å². The number of aromatic nitrogens is 2. The molecule has 0 bridgehead atoms. The Bertz CT molecular complexity index is 957. The molecule has 1 atom stereocenters. The molecule has 1 aromatic carbocycles. The number of nitrogens with zero attached hydrogens (tertiary/aromatic N) is 2. The largest absolute Gasteiger partial charge is 0.378 e. The SMILES string of the molecule is CN1Cc2cc(F)ccc2-n2c(c(C#CC(C)(O)C3CC3)[nH]c2=O)C1. The maximum absolute atomic E-state index is 13.6. The summed E-state index contributed by atoms with van der Waals surface area (Å²) in [6, 6.07) is 4.44. The van der Waals surface area contributed by atoms with Crippen LogP contribution in [0.2, 0.25) is 0 Å². The normalized spacial score (nSPS) is 19.2. The molecule has 1 saturated carbocycles. The summed E-state index contributed by atoms with van der Waals surface area (Å²) in [4.78, 5) is 17.3. The summed E-state index contributed by atoms with van der Waals surface area (Å²) < 4.78 is 15.2. The zero-order valence-electron chi connectivity index (χ0n) is 14.3. The van der Waals surface area contributed by atoms with Crippen LogP contribution in [-0.4, -0.2) is 32.2 Å². The monoisotopic (exact) mass is 341 g/mol. The molecule has 25 heavy (non-hydrogen) atoms. The van der Waals surface area contributed by atoms with Crippen LogP contribution in [-0.2, 0) is 13.1 Å². The van der Waals surface area contributed by atoms with Gasteiger partial charge in [0.1, 0.15) is 17.1 Å². The molecule has 2 heterocycles. The van der Waals surface area contributed by atoms with Crippen LogP contribution in [0.15, 0.2) is 23.0 Å². The van der Waals surface area contributed by atoms with E-state index < -0.39 is 5.60 Å². The van der Waals surface area contributed by atoms with Crippen LogP contribution in [0.5, 0.6) is 0 Å². The molecule has 1 aromatic heterocycles. The maximum atomic E-state index is 13.6. The van der Waals surface area contributed by atoms with E-state index >= 15 is 0 Å². The Morgan fingerprint density at radius 3 is 2.84 bits per heavy atom. The molecule has 0 saturated heterocycles.